The van der Waals surface area contributed by atoms with E-state index in [-0.39, 0.29) is 6.29 Å². The SMILES string of the molecule is O=C/C(=C/c1ccoc1)[N+](=O)[O-]. The number of nitrogens with zero attached hydrogens (tertiary/aromatic N) is 1. The zero-order valence-electron chi connectivity index (χ0n) is 5.97. The molecule has 1 aromatic heterocycles. The number of aldehydes is 1. The molecule has 0 N–H and O–H groups in total. The molecule has 12 heavy (non-hydrogen) atoms. The predicted molar refractivity (Wildman–Crippen MR) is 39.7 cm³/mol. The molecule has 5 nitrogen and oxygen atoms in total. The van der Waals surface area contributed by atoms with Crippen LogP contribution in [0.5, 0.6) is 0 Å². The molecule has 1 heterocycles. The van der Waals surface area contributed by atoms with Gasteiger partial charge < -0.3 is 4.42 Å². The number of furan rings is 1. The Morgan fingerprint density at radius 3 is 2.83 bits per heavy atom. The van der Waals surface area contributed by atoms with Crippen molar-refractivity contribution in [2.24, 2.45) is 0 Å². The maximum absolute atomic E-state index is 10.1. The third kappa shape index (κ3) is 1.79. The minimum absolute atomic E-state index is 0.187. The van der Waals surface area contributed by atoms with Crippen LogP contribution in [0.25, 0.3) is 6.08 Å². The van der Waals surface area contributed by atoms with Crippen molar-refractivity contribution < 1.29 is 14.1 Å². The number of hydrogen-bond donors (Lipinski definition) is 0. The first-order chi connectivity index (χ1) is 5.74. The van der Waals surface area contributed by atoms with Crippen LogP contribution in [0.3, 0.4) is 0 Å². The minimum atomic E-state index is -0.750. The fourth-order valence-corrected chi connectivity index (χ4v) is 0.658. The summed E-state index contributed by atoms with van der Waals surface area (Å²) in [6.07, 6.45) is 4.00. The number of hydrogen-bond acceptors (Lipinski definition) is 4. The molecule has 0 aliphatic heterocycles. The quantitative estimate of drug-likeness (QED) is 0.292. The molecule has 1 aromatic rings. The standard InChI is InChI=1S/C7H5NO4/c9-4-7(8(10)11)3-6-1-2-12-5-6/h1-5H/b7-3-. The number of nitro groups is 1. The molecular formula is C7H5NO4. The Hall–Kier alpha value is -1.91. The molecule has 0 bridgehead atoms. The normalized spacial score (nSPS) is 11.2. The van der Waals surface area contributed by atoms with Crippen molar-refractivity contribution in [2.75, 3.05) is 0 Å². The second-order valence-corrected chi connectivity index (χ2v) is 2.00. The van der Waals surface area contributed by atoms with Gasteiger partial charge in [0.15, 0.2) is 0 Å². The second-order valence-electron chi connectivity index (χ2n) is 2.00. The lowest BCUT2D eigenvalue weighted by Crippen LogP contribution is -1.98. The molecule has 0 saturated carbocycles. The molecule has 1 rings (SSSR count). The van der Waals surface area contributed by atoms with Gasteiger partial charge in [-0.1, -0.05) is 0 Å². The highest BCUT2D eigenvalue weighted by molar-refractivity contribution is 5.78. The van der Waals surface area contributed by atoms with Gasteiger partial charge in [0.1, 0.15) is 0 Å². The minimum Gasteiger partial charge on any atom is -0.472 e. The van der Waals surface area contributed by atoms with E-state index in [4.69, 9.17) is 0 Å². The van der Waals surface area contributed by atoms with Crippen molar-refractivity contribution >= 4 is 12.4 Å². The van der Waals surface area contributed by atoms with Gasteiger partial charge >= 0.3 is 5.70 Å². The average Bonchev–Trinajstić information content (AvgIpc) is 2.51. The molecule has 0 saturated heterocycles. The number of carbonyl (C=O) groups is 1. The van der Waals surface area contributed by atoms with E-state index in [0.29, 0.717) is 5.56 Å². The lowest BCUT2D eigenvalue weighted by atomic mass is 10.3. The summed E-state index contributed by atoms with van der Waals surface area (Å²) in [6.45, 7) is 0. The lowest BCUT2D eigenvalue weighted by molar-refractivity contribution is -0.415. The molecule has 0 atom stereocenters. The third-order valence-corrected chi connectivity index (χ3v) is 1.19. The van der Waals surface area contributed by atoms with Crippen molar-refractivity contribution in [1.29, 1.82) is 0 Å². The van der Waals surface area contributed by atoms with Gasteiger partial charge in [-0.3, -0.25) is 14.9 Å². The van der Waals surface area contributed by atoms with Gasteiger partial charge in [-0.05, 0) is 6.07 Å². The fraction of sp³-hybridized carbons (Fsp3) is 0. The van der Waals surface area contributed by atoms with Gasteiger partial charge in [0.25, 0.3) is 0 Å². The summed E-state index contributed by atoms with van der Waals surface area (Å²) in [5, 5.41) is 10.1. The van der Waals surface area contributed by atoms with Crippen LogP contribution >= 0.6 is 0 Å². The average molecular weight is 167 g/mol. The number of rotatable bonds is 3. The predicted octanol–water partition coefficient (Wildman–Crippen LogP) is 1.10. The van der Waals surface area contributed by atoms with Crippen LogP contribution in [0.4, 0.5) is 0 Å². The summed E-state index contributed by atoms with van der Waals surface area (Å²) in [7, 11) is 0. The Balaban J connectivity index is 2.93. The van der Waals surface area contributed by atoms with Gasteiger partial charge in [-0.25, -0.2) is 0 Å². The molecule has 0 spiro atoms. The largest absolute Gasteiger partial charge is 0.472 e. The van der Waals surface area contributed by atoms with E-state index in [1.165, 1.54) is 18.6 Å². The monoisotopic (exact) mass is 167 g/mol. The first kappa shape index (κ1) is 8.19. The first-order valence-electron chi connectivity index (χ1n) is 3.07. The number of allylic oxidation sites excluding steroid dienone is 1. The summed E-state index contributed by atoms with van der Waals surface area (Å²) in [4.78, 5) is 19.5. The number of carbonyl (C=O) groups excluding carboxylic acids is 1. The van der Waals surface area contributed by atoms with Gasteiger partial charge in [0.2, 0.25) is 6.29 Å². The van der Waals surface area contributed by atoms with Crippen LogP contribution in [-0.4, -0.2) is 11.2 Å². The summed E-state index contributed by atoms with van der Waals surface area (Å²) >= 11 is 0. The van der Waals surface area contributed by atoms with Crippen LogP contribution in [0.1, 0.15) is 5.56 Å². The molecule has 0 unspecified atom stereocenters. The van der Waals surface area contributed by atoms with E-state index >= 15 is 0 Å². The smallest absolute Gasteiger partial charge is 0.309 e. The van der Waals surface area contributed by atoms with Crippen LogP contribution < -0.4 is 0 Å². The summed E-state index contributed by atoms with van der Waals surface area (Å²) in [6, 6.07) is 1.52. The van der Waals surface area contributed by atoms with Gasteiger partial charge in [0.05, 0.1) is 17.4 Å². The van der Waals surface area contributed by atoms with E-state index in [0.717, 1.165) is 6.08 Å². The Bertz CT molecular complexity index is 312. The van der Waals surface area contributed by atoms with E-state index in [9.17, 15) is 14.9 Å². The summed E-state index contributed by atoms with van der Waals surface area (Å²) in [5.74, 6) is 0. The summed E-state index contributed by atoms with van der Waals surface area (Å²) in [5.41, 5.74) is 0.00481. The second kappa shape index (κ2) is 3.47. The maximum atomic E-state index is 10.1. The van der Waals surface area contributed by atoms with Crippen molar-refractivity contribution in [3.8, 4) is 0 Å². The van der Waals surface area contributed by atoms with Crippen molar-refractivity contribution in [1.82, 2.24) is 0 Å². The van der Waals surface area contributed by atoms with Crippen LogP contribution in [0, 0.1) is 10.1 Å². The molecular weight excluding hydrogens is 162 g/mol. The highest BCUT2D eigenvalue weighted by Gasteiger charge is 2.08. The lowest BCUT2D eigenvalue weighted by Gasteiger charge is -1.85. The van der Waals surface area contributed by atoms with Crippen molar-refractivity contribution in [2.45, 2.75) is 0 Å². The Morgan fingerprint density at radius 2 is 2.42 bits per heavy atom. The third-order valence-electron chi connectivity index (χ3n) is 1.19. The van der Waals surface area contributed by atoms with Crippen molar-refractivity contribution in [3.05, 3.63) is 40.0 Å². The first-order valence-corrected chi connectivity index (χ1v) is 3.07. The highest BCUT2D eigenvalue weighted by atomic mass is 16.6. The molecule has 0 aliphatic rings. The zero-order valence-corrected chi connectivity index (χ0v) is 5.97. The molecule has 0 aliphatic carbocycles. The van der Waals surface area contributed by atoms with Crippen LogP contribution in [0.2, 0.25) is 0 Å². The van der Waals surface area contributed by atoms with Crippen LogP contribution in [-0.2, 0) is 4.79 Å². The molecule has 5 heteroatoms. The topological polar surface area (TPSA) is 73.3 Å². The molecule has 62 valence electrons. The Kier molecular flexibility index (Phi) is 2.37. The van der Waals surface area contributed by atoms with E-state index in [1.54, 1.807) is 0 Å². The van der Waals surface area contributed by atoms with E-state index < -0.39 is 10.6 Å². The van der Waals surface area contributed by atoms with E-state index in [2.05, 4.69) is 4.42 Å². The fourth-order valence-electron chi connectivity index (χ4n) is 0.658. The maximum Gasteiger partial charge on any atom is 0.309 e. The molecule has 0 fully saturated rings. The van der Waals surface area contributed by atoms with Gasteiger partial charge in [0, 0.05) is 11.6 Å². The van der Waals surface area contributed by atoms with E-state index in [1.807, 2.05) is 0 Å². The Morgan fingerprint density at radius 1 is 1.67 bits per heavy atom. The molecule has 0 aromatic carbocycles. The molecule has 0 amide bonds. The summed E-state index contributed by atoms with van der Waals surface area (Å²) < 4.78 is 4.66. The highest BCUT2D eigenvalue weighted by Crippen LogP contribution is 2.05. The van der Waals surface area contributed by atoms with Crippen molar-refractivity contribution in [3.63, 3.8) is 0 Å². The van der Waals surface area contributed by atoms with Gasteiger partial charge in [-0.2, -0.15) is 0 Å². The molecule has 0 radical (unpaired) electrons. The van der Waals surface area contributed by atoms with Crippen LogP contribution in [0.15, 0.2) is 28.7 Å². The van der Waals surface area contributed by atoms with Gasteiger partial charge in [-0.15, -0.1) is 0 Å². The zero-order chi connectivity index (χ0) is 8.97. The Labute approximate surface area is 67.4 Å².